The first kappa shape index (κ1) is 17.5. The minimum atomic E-state index is 0.205. The van der Waals surface area contributed by atoms with Crippen molar-refractivity contribution in [1.82, 2.24) is 14.5 Å². The van der Waals surface area contributed by atoms with Gasteiger partial charge in [-0.3, -0.25) is 4.79 Å². The van der Waals surface area contributed by atoms with Gasteiger partial charge in [-0.1, -0.05) is 55.3 Å². The highest BCUT2D eigenvalue weighted by Gasteiger charge is 2.38. The number of benzene rings is 2. The van der Waals surface area contributed by atoms with Gasteiger partial charge in [-0.25, -0.2) is 4.98 Å². The molecule has 1 saturated carbocycles. The molecule has 0 bridgehead atoms. The molecule has 144 valence electrons. The zero-order valence-corrected chi connectivity index (χ0v) is 16.3. The maximum absolute atomic E-state index is 12.7. The number of para-hydroxylation sites is 2. The van der Waals surface area contributed by atoms with E-state index < -0.39 is 0 Å². The van der Waals surface area contributed by atoms with E-state index in [1.807, 2.05) is 6.07 Å². The lowest BCUT2D eigenvalue weighted by Gasteiger charge is -2.24. The molecule has 2 heterocycles. The summed E-state index contributed by atoms with van der Waals surface area (Å²) in [5.41, 5.74) is 3.55. The van der Waals surface area contributed by atoms with Crippen molar-refractivity contribution in [3.63, 3.8) is 0 Å². The van der Waals surface area contributed by atoms with Gasteiger partial charge in [0.05, 0.1) is 11.0 Å². The summed E-state index contributed by atoms with van der Waals surface area (Å²) in [6.07, 6.45) is 6.43. The van der Waals surface area contributed by atoms with Crippen LogP contribution in [0.5, 0.6) is 0 Å². The number of nitrogens with zero attached hydrogens (tertiary/aromatic N) is 3. The summed E-state index contributed by atoms with van der Waals surface area (Å²) in [7, 11) is 0. The molecule has 1 unspecified atom stereocenters. The third-order valence-corrected chi connectivity index (χ3v) is 6.44. The molecule has 2 aromatic carbocycles. The highest BCUT2D eigenvalue weighted by Crippen LogP contribution is 2.35. The second-order valence-electron chi connectivity index (χ2n) is 8.23. The molecule has 1 atom stereocenters. The normalized spacial score (nSPS) is 20.5. The molecule has 4 nitrogen and oxygen atoms in total. The van der Waals surface area contributed by atoms with Crippen LogP contribution in [0.4, 0.5) is 0 Å². The summed E-state index contributed by atoms with van der Waals surface area (Å²) in [6, 6.07) is 19.4. The fourth-order valence-corrected chi connectivity index (χ4v) is 5.00. The number of aromatic nitrogens is 2. The van der Waals surface area contributed by atoms with E-state index in [2.05, 4.69) is 58.0 Å². The minimum absolute atomic E-state index is 0.205. The van der Waals surface area contributed by atoms with Gasteiger partial charge in [-0.05, 0) is 37.0 Å². The molecule has 5 rings (SSSR count). The second kappa shape index (κ2) is 7.42. The molecule has 0 N–H and O–H groups in total. The van der Waals surface area contributed by atoms with Crippen LogP contribution >= 0.6 is 0 Å². The Morgan fingerprint density at radius 2 is 1.71 bits per heavy atom. The first-order valence-corrected chi connectivity index (χ1v) is 10.6. The second-order valence-corrected chi connectivity index (χ2v) is 8.23. The monoisotopic (exact) mass is 373 g/mol. The quantitative estimate of drug-likeness (QED) is 0.659. The molecule has 28 heavy (non-hydrogen) atoms. The zero-order chi connectivity index (χ0) is 18.9. The summed E-state index contributed by atoms with van der Waals surface area (Å²) in [5.74, 6) is 1.61. The van der Waals surface area contributed by atoms with Crippen LogP contribution in [0.2, 0.25) is 0 Å². The van der Waals surface area contributed by atoms with Gasteiger partial charge in [0.2, 0.25) is 5.91 Å². The molecule has 0 radical (unpaired) electrons. The Bertz CT molecular complexity index is 972. The molecule has 2 aliphatic rings. The van der Waals surface area contributed by atoms with Crippen LogP contribution in [-0.2, 0) is 17.8 Å². The molecule has 0 spiro atoms. The number of hydrogen-bond acceptors (Lipinski definition) is 2. The number of amides is 1. The number of hydrogen-bond donors (Lipinski definition) is 0. The average molecular weight is 374 g/mol. The van der Waals surface area contributed by atoms with Crippen molar-refractivity contribution in [2.75, 3.05) is 6.54 Å². The van der Waals surface area contributed by atoms with Crippen LogP contribution in [-0.4, -0.2) is 32.9 Å². The molecule has 3 aromatic rings. The van der Waals surface area contributed by atoms with E-state index in [4.69, 9.17) is 4.98 Å². The lowest BCUT2D eigenvalue weighted by Crippen LogP contribution is -2.34. The van der Waals surface area contributed by atoms with E-state index in [1.54, 1.807) is 0 Å². The van der Waals surface area contributed by atoms with Crippen molar-refractivity contribution in [1.29, 1.82) is 0 Å². The van der Waals surface area contributed by atoms with Gasteiger partial charge >= 0.3 is 0 Å². The summed E-state index contributed by atoms with van der Waals surface area (Å²) >= 11 is 0. The van der Waals surface area contributed by atoms with Crippen LogP contribution in [0.25, 0.3) is 11.0 Å². The molecule has 2 fully saturated rings. The largest absolute Gasteiger partial charge is 0.339 e. The van der Waals surface area contributed by atoms with Crippen molar-refractivity contribution in [3.05, 3.63) is 66.0 Å². The average Bonchev–Trinajstić information content (AvgIpc) is 3.45. The van der Waals surface area contributed by atoms with Gasteiger partial charge in [0, 0.05) is 31.5 Å². The Balaban J connectivity index is 1.44. The van der Waals surface area contributed by atoms with Crippen molar-refractivity contribution in [2.45, 2.75) is 57.0 Å². The summed E-state index contributed by atoms with van der Waals surface area (Å²) in [4.78, 5) is 19.9. The van der Waals surface area contributed by atoms with E-state index >= 15 is 0 Å². The van der Waals surface area contributed by atoms with Crippen LogP contribution < -0.4 is 0 Å². The molecular formula is C24H27N3O. The molecular weight excluding hydrogens is 346 g/mol. The Morgan fingerprint density at radius 1 is 0.964 bits per heavy atom. The lowest BCUT2D eigenvalue weighted by molar-refractivity contribution is -0.129. The highest BCUT2D eigenvalue weighted by atomic mass is 16.2. The molecule has 1 aliphatic heterocycles. The van der Waals surface area contributed by atoms with Crippen LogP contribution in [0.3, 0.4) is 0 Å². The van der Waals surface area contributed by atoms with Gasteiger partial charge in [-0.15, -0.1) is 0 Å². The fourth-order valence-electron chi connectivity index (χ4n) is 5.00. The van der Waals surface area contributed by atoms with Gasteiger partial charge in [0.1, 0.15) is 5.82 Å². The summed E-state index contributed by atoms with van der Waals surface area (Å²) in [5, 5.41) is 0. The van der Waals surface area contributed by atoms with Crippen molar-refractivity contribution < 1.29 is 4.79 Å². The van der Waals surface area contributed by atoms with Gasteiger partial charge < -0.3 is 9.47 Å². The predicted octanol–water partition coefficient (Wildman–Crippen LogP) is 4.54. The number of aryl methyl sites for hydroxylation is 2. The first-order chi connectivity index (χ1) is 13.8. The topological polar surface area (TPSA) is 38.1 Å². The van der Waals surface area contributed by atoms with E-state index in [1.165, 1.54) is 36.8 Å². The van der Waals surface area contributed by atoms with Crippen LogP contribution in [0.15, 0.2) is 54.6 Å². The van der Waals surface area contributed by atoms with Crippen LogP contribution in [0.1, 0.15) is 49.4 Å². The molecule has 1 amide bonds. The van der Waals surface area contributed by atoms with Crippen LogP contribution in [0, 0.1) is 0 Å². The third kappa shape index (κ3) is 3.21. The maximum Gasteiger partial charge on any atom is 0.223 e. The summed E-state index contributed by atoms with van der Waals surface area (Å²) < 4.78 is 2.36. The molecule has 1 saturated heterocycles. The molecule has 4 heteroatoms. The van der Waals surface area contributed by atoms with E-state index in [-0.39, 0.29) is 5.92 Å². The third-order valence-electron chi connectivity index (χ3n) is 6.44. The predicted molar refractivity (Wildman–Crippen MR) is 111 cm³/mol. The first-order valence-electron chi connectivity index (χ1n) is 10.6. The van der Waals surface area contributed by atoms with Gasteiger partial charge in [0.25, 0.3) is 0 Å². The van der Waals surface area contributed by atoms with E-state index in [0.717, 1.165) is 30.9 Å². The van der Waals surface area contributed by atoms with E-state index in [0.29, 0.717) is 18.4 Å². The zero-order valence-electron chi connectivity index (χ0n) is 16.3. The van der Waals surface area contributed by atoms with Gasteiger partial charge in [-0.2, -0.15) is 0 Å². The molecule has 1 aromatic heterocycles. The minimum Gasteiger partial charge on any atom is -0.339 e. The lowest BCUT2D eigenvalue weighted by atomic mass is 10.1. The number of carbonyl (C=O) groups excluding carboxylic acids is 1. The maximum atomic E-state index is 12.7. The Labute approximate surface area is 166 Å². The Kier molecular flexibility index (Phi) is 4.63. The number of rotatable bonds is 5. The van der Waals surface area contributed by atoms with Crippen molar-refractivity contribution >= 4 is 16.9 Å². The van der Waals surface area contributed by atoms with E-state index in [9.17, 15) is 4.79 Å². The fraction of sp³-hybridized carbons (Fsp3) is 0.417. The Morgan fingerprint density at radius 3 is 2.54 bits per heavy atom. The SMILES string of the molecule is O=C1CC(c2nc3ccccc3n2CCc2ccccc2)CN1C1CCCC1. The smallest absolute Gasteiger partial charge is 0.223 e. The molecule has 1 aliphatic carbocycles. The Hall–Kier alpha value is -2.62. The number of likely N-dealkylation sites (tertiary alicyclic amines) is 1. The van der Waals surface area contributed by atoms with Crippen molar-refractivity contribution in [3.8, 4) is 0 Å². The summed E-state index contributed by atoms with van der Waals surface area (Å²) in [6.45, 7) is 1.73. The standard InChI is InChI=1S/C24H27N3O/c28-23-16-19(17-27(23)20-10-4-5-11-20)24-25-21-12-6-7-13-22(21)26(24)15-14-18-8-2-1-3-9-18/h1-3,6-9,12-13,19-20H,4-5,10-11,14-17H2. The van der Waals surface area contributed by atoms with Gasteiger partial charge in [0.15, 0.2) is 0 Å². The van der Waals surface area contributed by atoms with Crippen molar-refractivity contribution in [2.24, 2.45) is 0 Å². The highest BCUT2D eigenvalue weighted by molar-refractivity contribution is 5.81. The number of fused-ring (bicyclic) bond motifs is 1. The number of imidazole rings is 1. The number of carbonyl (C=O) groups is 1.